The van der Waals surface area contributed by atoms with Gasteiger partial charge in [-0.15, -0.1) is 0 Å². The number of carboxylic acid groups (broad SMARTS) is 1. The summed E-state index contributed by atoms with van der Waals surface area (Å²) in [4.78, 5) is 23.4. The molecule has 0 spiro atoms. The molecule has 2 aromatic rings. The van der Waals surface area contributed by atoms with Crippen LogP contribution in [0, 0.1) is 6.92 Å². The number of hydrogen-bond donors (Lipinski definition) is 2. The number of carboxylic acids is 1. The first-order valence-corrected chi connectivity index (χ1v) is 7.75. The number of rotatable bonds is 4. The SMILES string of the molecule is Cc1cc(C(C)NC(=O)c2c(C(F)(F)F)nn(C)c2Cl)ccc1C(=O)O. The molecule has 2 N–H and O–H groups in total. The predicted octanol–water partition coefficient (Wildman–Crippen LogP) is 3.59. The fourth-order valence-electron chi connectivity index (χ4n) is 2.45. The molecule has 0 saturated heterocycles. The molecule has 0 aliphatic rings. The number of nitrogens with one attached hydrogen (secondary N) is 1. The summed E-state index contributed by atoms with van der Waals surface area (Å²) in [6, 6.07) is 3.72. The third-order valence-corrected chi connectivity index (χ3v) is 4.23. The number of aromatic nitrogens is 2. The van der Waals surface area contributed by atoms with Gasteiger partial charge in [-0.1, -0.05) is 23.7 Å². The highest BCUT2D eigenvalue weighted by Gasteiger charge is 2.41. The highest BCUT2D eigenvalue weighted by Crippen LogP contribution is 2.34. The number of hydrogen-bond acceptors (Lipinski definition) is 3. The van der Waals surface area contributed by atoms with Crippen molar-refractivity contribution in [1.29, 1.82) is 0 Å². The van der Waals surface area contributed by atoms with Crippen molar-refractivity contribution < 1.29 is 27.9 Å². The van der Waals surface area contributed by atoms with E-state index in [2.05, 4.69) is 10.4 Å². The van der Waals surface area contributed by atoms with E-state index >= 15 is 0 Å². The Morgan fingerprint density at radius 2 is 1.96 bits per heavy atom. The van der Waals surface area contributed by atoms with Gasteiger partial charge < -0.3 is 10.4 Å². The normalized spacial score (nSPS) is 12.7. The minimum atomic E-state index is -4.83. The fraction of sp³-hybridized carbons (Fsp3) is 0.312. The Bertz CT molecular complexity index is 878. The van der Waals surface area contributed by atoms with Crippen molar-refractivity contribution in [2.75, 3.05) is 0 Å². The van der Waals surface area contributed by atoms with Crippen LogP contribution in [0.3, 0.4) is 0 Å². The standard InChI is InChI=1S/C16H15ClF3N3O3/c1-7-6-9(4-5-10(7)15(25)26)8(2)21-14(24)11-12(16(18,19)20)22-23(3)13(11)17/h4-6,8H,1-3H3,(H,21,24)(H,25,26). The van der Waals surface area contributed by atoms with Gasteiger partial charge in [-0.3, -0.25) is 9.48 Å². The summed E-state index contributed by atoms with van der Waals surface area (Å²) in [6.45, 7) is 3.14. The molecule has 1 atom stereocenters. The number of carbonyl (C=O) groups excluding carboxylic acids is 1. The molecule has 1 heterocycles. The van der Waals surface area contributed by atoms with Gasteiger partial charge in [0.1, 0.15) is 10.7 Å². The zero-order valence-electron chi connectivity index (χ0n) is 14.0. The first-order chi connectivity index (χ1) is 11.9. The minimum Gasteiger partial charge on any atom is -0.478 e. The predicted molar refractivity (Wildman–Crippen MR) is 87.2 cm³/mol. The molecule has 0 saturated carbocycles. The molecule has 26 heavy (non-hydrogen) atoms. The highest BCUT2D eigenvalue weighted by molar-refractivity contribution is 6.33. The molecule has 0 bridgehead atoms. The van der Waals surface area contributed by atoms with Crippen LogP contribution in [0.5, 0.6) is 0 Å². The van der Waals surface area contributed by atoms with Gasteiger partial charge in [0.15, 0.2) is 5.69 Å². The lowest BCUT2D eigenvalue weighted by molar-refractivity contribution is -0.141. The van der Waals surface area contributed by atoms with Crippen LogP contribution in [0.4, 0.5) is 13.2 Å². The zero-order chi connectivity index (χ0) is 19.8. The molecule has 2 rings (SSSR count). The second kappa shape index (κ2) is 6.99. The Morgan fingerprint density at radius 3 is 2.46 bits per heavy atom. The van der Waals surface area contributed by atoms with Crippen LogP contribution in [0.25, 0.3) is 0 Å². The summed E-state index contributed by atoms with van der Waals surface area (Å²) in [5.41, 5.74) is -1.03. The average Bonchev–Trinajstić information content (AvgIpc) is 2.82. The molecule has 1 unspecified atom stereocenters. The van der Waals surface area contributed by atoms with Crippen LogP contribution in [-0.4, -0.2) is 26.8 Å². The van der Waals surface area contributed by atoms with Crippen molar-refractivity contribution in [1.82, 2.24) is 15.1 Å². The van der Waals surface area contributed by atoms with E-state index in [0.717, 1.165) is 4.68 Å². The summed E-state index contributed by atoms with van der Waals surface area (Å²) >= 11 is 5.80. The second-order valence-corrected chi connectivity index (χ2v) is 6.07. The van der Waals surface area contributed by atoms with Crippen LogP contribution >= 0.6 is 11.6 Å². The van der Waals surface area contributed by atoms with Gasteiger partial charge in [-0.2, -0.15) is 18.3 Å². The van der Waals surface area contributed by atoms with E-state index in [-0.39, 0.29) is 5.56 Å². The van der Waals surface area contributed by atoms with E-state index in [1.54, 1.807) is 19.9 Å². The third kappa shape index (κ3) is 3.82. The number of alkyl halides is 3. The first-order valence-electron chi connectivity index (χ1n) is 7.37. The largest absolute Gasteiger partial charge is 0.478 e. The molecule has 0 fully saturated rings. The van der Waals surface area contributed by atoms with Gasteiger partial charge in [-0.25, -0.2) is 4.79 Å². The van der Waals surface area contributed by atoms with E-state index in [1.165, 1.54) is 19.2 Å². The van der Waals surface area contributed by atoms with Crippen molar-refractivity contribution in [3.05, 3.63) is 51.3 Å². The van der Waals surface area contributed by atoms with Crippen LogP contribution in [0.2, 0.25) is 5.15 Å². The maximum atomic E-state index is 13.1. The van der Waals surface area contributed by atoms with Crippen LogP contribution in [-0.2, 0) is 13.2 Å². The lowest BCUT2D eigenvalue weighted by Crippen LogP contribution is -2.28. The second-order valence-electron chi connectivity index (χ2n) is 5.71. The molecule has 0 radical (unpaired) electrons. The van der Waals surface area contributed by atoms with Crippen molar-refractivity contribution in [2.45, 2.75) is 26.1 Å². The lowest BCUT2D eigenvalue weighted by atomic mass is 10.0. The molecule has 1 aromatic carbocycles. The van der Waals surface area contributed by atoms with Crippen molar-refractivity contribution in [3.8, 4) is 0 Å². The monoisotopic (exact) mass is 389 g/mol. The molecular formula is C16H15ClF3N3O3. The topological polar surface area (TPSA) is 84.2 Å². The maximum Gasteiger partial charge on any atom is 0.436 e. The number of benzene rings is 1. The summed E-state index contributed by atoms with van der Waals surface area (Å²) in [7, 11) is 1.20. The number of carbonyl (C=O) groups is 2. The number of amides is 1. The molecule has 0 aliphatic carbocycles. The van der Waals surface area contributed by atoms with Crippen molar-refractivity contribution >= 4 is 23.5 Å². The third-order valence-electron chi connectivity index (χ3n) is 3.80. The van der Waals surface area contributed by atoms with Gasteiger partial charge >= 0.3 is 12.1 Å². The number of aryl methyl sites for hydroxylation is 2. The lowest BCUT2D eigenvalue weighted by Gasteiger charge is -2.16. The molecule has 140 valence electrons. The van der Waals surface area contributed by atoms with Crippen LogP contribution < -0.4 is 5.32 Å². The minimum absolute atomic E-state index is 0.0990. The quantitative estimate of drug-likeness (QED) is 0.837. The van der Waals surface area contributed by atoms with Gasteiger partial charge in [-0.05, 0) is 31.0 Å². The van der Waals surface area contributed by atoms with Gasteiger partial charge in [0.05, 0.1) is 11.6 Å². The molecule has 10 heteroatoms. The number of nitrogens with zero attached hydrogens (tertiary/aromatic N) is 2. The summed E-state index contributed by atoms with van der Waals surface area (Å²) in [6.07, 6.45) is -4.83. The summed E-state index contributed by atoms with van der Waals surface area (Å²) < 4.78 is 40.0. The Morgan fingerprint density at radius 1 is 1.35 bits per heavy atom. The summed E-state index contributed by atoms with van der Waals surface area (Å²) in [5.74, 6) is -2.12. The smallest absolute Gasteiger partial charge is 0.436 e. The van der Waals surface area contributed by atoms with Crippen molar-refractivity contribution in [3.63, 3.8) is 0 Å². The van der Waals surface area contributed by atoms with E-state index in [1.807, 2.05) is 0 Å². The highest BCUT2D eigenvalue weighted by atomic mass is 35.5. The number of halogens is 4. The fourth-order valence-corrected chi connectivity index (χ4v) is 2.66. The van der Waals surface area contributed by atoms with Gasteiger partial charge in [0.2, 0.25) is 0 Å². The Balaban J connectivity index is 2.31. The number of aromatic carboxylic acids is 1. The zero-order valence-corrected chi connectivity index (χ0v) is 14.7. The Hall–Kier alpha value is -2.55. The van der Waals surface area contributed by atoms with Gasteiger partial charge in [0.25, 0.3) is 5.91 Å². The summed E-state index contributed by atoms with van der Waals surface area (Å²) in [5, 5.41) is 14.3. The van der Waals surface area contributed by atoms with E-state index in [0.29, 0.717) is 11.1 Å². The van der Waals surface area contributed by atoms with E-state index in [9.17, 15) is 22.8 Å². The van der Waals surface area contributed by atoms with E-state index < -0.39 is 40.5 Å². The molecule has 6 nitrogen and oxygen atoms in total. The molecule has 1 amide bonds. The first kappa shape index (κ1) is 19.8. The Kier molecular flexibility index (Phi) is 5.31. The van der Waals surface area contributed by atoms with Crippen LogP contribution in [0.15, 0.2) is 18.2 Å². The van der Waals surface area contributed by atoms with E-state index in [4.69, 9.17) is 16.7 Å². The molecule has 1 aromatic heterocycles. The molecular weight excluding hydrogens is 375 g/mol. The van der Waals surface area contributed by atoms with Crippen molar-refractivity contribution in [2.24, 2.45) is 7.05 Å². The average molecular weight is 390 g/mol. The van der Waals surface area contributed by atoms with Gasteiger partial charge in [0, 0.05) is 7.05 Å². The maximum absolute atomic E-state index is 13.1. The Labute approximate surface area is 151 Å². The van der Waals surface area contributed by atoms with Crippen LogP contribution in [0.1, 0.15) is 50.5 Å². The molecule has 0 aliphatic heterocycles.